The van der Waals surface area contributed by atoms with E-state index in [1.54, 1.807) is 6.07 Å². The Morgan fingerprint density at radius 2 is 1.97 bits per heavy atom. The van der Waals surface area contributed by atoms with Gasteiger partial charge in [0.05, 0.1) is 18.3 Å². The molecule has 1 fully saturated rings. The first kappa shape index (κ1) is 20.9. The average molecular weight is 409 g/mol. The van der Waals surface area contributed by atoms with Gasteiger partial charge in [-0.05, 0) is 37.0 Å². The first-order valence-corrected chi connectivity index (χ1v) is 9.28. The monoisotopic (exact) mass is 409 g/mol. The van der Waals surface area contributed by atoms with Crippen molar-refractivity contribution in [1.29, 1.82) is 0 Å². The van der Waals surface area contributed by atoms with Crippen molar-refractivity contribution in [2.24, 2.45) is 0 Å². The van der Waals surface area contributed by atoms with Crippen molar-refractivity contribution < 1.29 is 23.1 Å². The van der Waals surface area contributed by atoms with E-state index in [4.69, 9.17) is 0 Å². The zero-order valence-electron chi connectivity index (χ0n) is 16.1. The Morgan fingerprint density at radius 3 is 2.55 bits per heavy atom. The van der Waals surface area contributed by atoms with Gasteiger partial charge in [0.25, 0.3) is 11.3 Å². The molecule has 0 unspecified atom stereocenters. The molecule has 1 aliphatic rings. The van der Waals surface area contributed by atoms with Crippen LogP contribution in [-0.4, -0.2) is 27.8 Å². The summed E-state index contributed by atoms with van der Waals surface area (Å²) in [6, 6.07) is 4.34. The van der Waals surface area contributed by atoms with Crippen molar-refractivity contribution >= 4 is 5.91 Å². The van der Waals surface area contributed by atoms with E-state index in [1.165, 1.54) is 30.8 Å². The molecule has 0 atom stereocenters. The van der Waals surface area contributed by atoms with Gasteiger partial charge in [0, 0.05) is 12.5 Å². The van der Waals surface area contributed by atoms with Crippen molar-refractivity contribution in [3.63, 3.8) is 0 Å². The van der Waals surface area contributed by atoms with E-state index in [2.05, 4.69) is 10.4 Å². The average Bonchev–Trinajstić information content (AvgIpc) is 3.12. The number of aryl methyl sites for hydroxylation is 1. The summed E-state index contributed by atoms with van der Waals surface area (Å²) in [6.07, 6.45) is -0.393. The lowest BCUT2D eigenvalue weighted by Gasteiger charge is -2.31. The lowest BCUT2D eigenvalue weighted by Crippen LogP contribution is -2.34. The highest BCUT2D eigenvalue weighted by molar-refractivity contribution is 5.92. The Balaban J connectivity index is 2.07. The standard InChI is InChI=1S/C20H22F3N3O3/c1-12-5-6-13(9-14(12)20(21,22)23)19(7-3-4-8-19)11-26-10-15(27)17(28)16(25-26)18(29)24-2/h5-6,9-10,27H,3-4,7-8,11H2,1-2H3,(H,24,29). The summed E-state index contributed by atoms with van der Waals surface area (Å²) in [5, 5.41) is 16.3. The molecule has 6 nitrogen and oxygen atoms in total. The normalized spacial score (nSPS) is 16.0. The summed E-state index contributed by atoms with van der Waals surface area (Å²) < 4.78 is 41.5. The molecule has 1 aromatic carbocycles. The molecule has 1 heterocycles. The maximum absolute atomic E-state index is 13.4. The van der Waals surface area contributed by atoms with Crippen LogP contribution in [0, 0.1) is 6.92 Å². The maximum Gasteiger partial charge on any atom is 0.416 e. The molecule has 1 aliphatic carbocycles. The molecule has 9 heteroatoms. The molecule has 1 amide bonds. The number of rotatable bonds is 4. The number of carbonyl (C=O) groups is 1. The third-order valence-electron chi connectivity index (χ3n) is 5.57. The number of benzene rings is 1. The van der Waals surface area contributed by atoms with Crippen LogP contribution in [0.4, 0.5) is 13.2 Å². The van der Waals surface area contributed by atoms with Gasteiger partial charge < -0.3 is 10.4 Å². The van der Waals surface area contributed by atoms with Gasteiger partial charge in [-0.1, -0.05) is 25.0 Å². The van der Waals surface area contributed by atoms with Crippen LogP contribution in [0.15, 0.2) is 29.2 Å². The molecule has 156 valence electrons. The first-order valence-electron chi connectivity index (χ1n) is 9.28. The second-order valence-corrected chi connectivity index (χ2v) is 7.48. The third-order valence-corrected chi connectivity index (χ3v) is 5.57. The number of alkyl halides is 3. The second-order valence-electron chi connectivity index (χ2n) is 7.48. The van der Waals surface area contributed by atoms with E-state index < -0.39 is 39.9 Å². The zero-order chi connectivity index (χ0) is 21.4. The number of carbonyl (C=O) groups excluding carboxylic acids is 1. The number of nitrogens with one attached hydrogen (secondary N) is 1. The van der Waals surface area contributed by atoms with Crippen molar-refractivity contribution in [3.8, 4) is 5.75 Å². The van der Waals surface area contributed by atoms with Crippen LogP contribution in [0.2, 0.25) is 0 Å². The topological polar surface area (TPSA) is 84.2 Å². The number of amides is 1. The van der Waals surface area contributed by atoms with Gasteiger partial charge >= 0.3 is 6.18 Å². The van der Waals surface area contributed by atoms with Crippen LogP contribution in [0.25, 0.3) is 0 Å². The molecule has 0 spiro atoms. The fourth-order valence-corrected chi connectivity index (χ4v) is 4.03. The maximum atomic E-state index is 13.4. The highest BCUT2D eigenvalue weighted by Gasteiger charge is 2.39. The largest absolute Gasteiger partial charge is 0.503 e. The molecule has 3 rings (SSSR count). The van der Waals surface area contributed by atoms with Gasteiger partial charge in [0.1, 0.15) is 0 Å². The SMILES string of the molecule is CNC(=O)c1nn(CC2(c3ccc(C)c(C(F)(F)F)c3)CCCC2)cc(O)c1=O. The van der Waals surface area contributed by atoms with E-state index in [0.29, 0.717) is 18.4 Å². The van der Waals surface area contributed by atoms with Crippen molar-refractivity contribution in [2.45, 2.75) is 50.7 Å². The van der Waals surface area contributed by atoms with E-state index in [9.17, 15) is 27.9 Å². The minimum absolute atomic E-state index is 0.144. The molecule has 0 saturated heterocycles. The summed E-state index contributed by atoms with van der Waals surface area (Å²) in [6.45, 7) is 1.57. The summed E-state index contributed by atoms with van der Waals surface area (Å²) in [5.41, 5.74) is -1.98. The smallest absolute Gasteiger partial charge is 0.416 e. The van der Waals surface area contributed by atoms with E-state index in [0.717, 1.165) is 19.0 Å². The zero-order valence-corrected chi connectivity index (χ0v) is 16.1. The summed E-state index contributed by atoms with van der Waals surface area (Å²) in [4.78, 5) is 23.9. The fourth-order valence-electron chi connectivity index (χ4n) is 4.03. The van der Waals surface area contributed by atoms with Crippen molar-refractivity contribution in [2.75, 3.05) is 7.05 Å². The van der Waals surface area contributed by atoms with Crippen molar-refractivity contribution in [3.05, 3.63) is 57.0 Å². The molecular weight excluding hydrogens is 387 g/mol. The molecule has 1 aromatic heterocycles. The minimum atomic E-state index is -4.46. The van der Waals surface area contributed by atoms with Crippen LogP contribution < -0.4 is 10.7 Å². The molecular formula is C20H22F3N3O3. The van der Waals surface area contributed by atoms with Gasteiger partial charge in [-0.25, -0.2) is 0 Å². The Hall–Kier alpha value is -2.84. The van der Waals surface area contributed by atoms with Gasteiger partial charge in [-0.3, -0.25) is 14.3 Å². The third kappa shape index (κ3) is 3.99. The molecule has 0 radical (unpaired) electrons. The molecule has 0 aliphatic heterocycles. The number of hydrogen-bond donors (Lipinski definition) is 2. The summed E-state index contributed by atoms with van der Waals surface area (Å²) in [5.74, 6) is -1.37. The second kappa shape index (κ2) is 7.53. The number of nitrogens with zero attached hydrogens (tertiary/aromatic N) is 2. The van der Waals surface area contributed by atoms with Crippen LogP contribution >= 0.6 is 0 Å². The van der Waals surface area contributed by atoms with E-state index in [-0.39, 0.29) is 12.1 Å². The van der Waals surface area contributed by atoms with Crippen LogP contribution in [0.3, 0.4) is 0 Å². The van der Waals surface area contributed by atoms with Crippen molar-refractivity contribution in [1.82, 2.24) is 15.1 Å². The lowest BCUT2D eigenvalue weighted by molar-refractivity contribution is -0.138. The highest BCUT2D eigenvalue weighted by Crippen LogP contribution is 2.44. The van der Waals surface area contributed by atoms with Gasteiger partial charge in [-0.2, -0.15) is 18.3 Å². The van der Waals surface area contributed by atoms with Crippen LogP contribution in [0.1, 0.15) is 52.9 Å². The van der Waals surface area contributed by atoms with E-state index in [1.807, 2.05) is 0 Å². The van der Waals surface area contributed by atoms with Crippen LogP contribution in [-0.2, 0) is 18.1 Å². The quantitative estimate of drug-likeness (QED) is 0.813. The first-order chi connectivity index (χ1) is 13.6. The molecule has 2 N–H and O–H groups in total. The predicted molar refractivity (Wildman–Crippen MR) is 99.9 cm³/mol. The Kier molecular flexibility index (Phi) is 5.42. The summed E-state index contributed by atoms with van der Waals surface area (Å²) >= 11 is 0. The number of aromatic hydroxyl groups is 1. The Bertz CT molecular complexity index is 993. The number of aromatic nitrogens is 2. The molecule has 29 heavy (non-hydrogen) atoms. The molecule has 1 saturated carbocycles. The predicted octanol–water partition coefficient (Wildman–Crippen LogP) is 3.15. The Morgan fingerprint density at radius 1 is 1.31 bits per heavy atom. The Labute approximate surface area is 165 Å². The summed E-state index contributed by atoms with van der Waals surface area (Å²) in [7, 11) is 1.33. The highest BCUT2D eigenvalue weighted by atomic mass is 19.4. The lowest BCUT2D eigenvalue weighted by atomic mass is 9.77. The number of hydrogen-bond acceptors (Lipinski definition) is 4. The van der Waals surface area contributed by atoms with E-state index >= 15 is 0 Å². The fraction of sp³-hybridized carbons (Fsp3) is 0.450. The number of halogens is 3. The molecule has 0 bridgehead atoms. The van der Waals surface area contributed by atoms with Crippen LogP contribution in [0.5, 0.6) is 5.75 Å². The minimum Gasteiger partial charge on any atom is -0.503 e. The van der Waals surface area contributed by atoms with Gasteiger partial charge in [-0.15, -0.1) is 0 Å². The molecule has 2 aromatic rings. The van der Waals surface area contributed by atoms with Gasteiger partial charge in [0.15, 0.2) is 11.4 Å². The van der Waals surface area contributed by atoms with Gasteiger partial charge in [0.2, 0.25) is 0 Å².